The molecule has 0 unspecified atom stereocenters. The first kappa shape index (κ1) is 12.3. The van der Waals surface area contributed by atoms with Crippen LogP contribution in [-0.4, -0.2) is 19.3 Å². The van der Waals surface area contributed by atoms with Crippen LogP contribution in [-0.2, 0) is 5.60 Å². The third-order valence-electron chi connectivity index (χ3n) is 2.14. The Morgan fingerprint density at radius 3 is 2.20 bits per heavy atom. The number of hydrogen-bond acceptors (Lipinski definition) is 3. The summed E-state index contributed by atoms with van der Waals surface area (Å²) < 4.78 is 11.1. The van der Waals surface area contributed by atoms with E-state index in [4.69, 9.17) is 9.47 Å². The van der Waals surface area contributed by atoms with E-state index < -0.39 is 5.60 Å². The molecule has 0 aromatic heterocycles. The van der Waals surface area contributed by atoms with E-state index in [9.17, 15) is 5.11 Å². The smallest absolute Gasteiger partial charge is 0.175 e. The molecular weight excluding hydrogens is 260 g/mol. The van der Waals surface area contributed by atoms with Gasteiger partial charge >= 0.3 is 0 Å². The highest BCUT2D eigenvalue weighted by molar-refractivity contribution is 9.10. The van der Waals surface area contributed by atoms with Crippen LogP contribution in [0.5, 0.6) is 11.5 Å². The lowest BCUT2D eigenvalue weighted by Gasteiger charge is -2.21. The fourth-order valence-corrected chi connectivity index (χ4v) is 2.34. The fourth-order valence-electron chi connectivity index (χ4n) is 1.36. The van der Waals surface area contributed by atoms with Gasteiger partial charge in [-0.2, -0.15) is 0 Å². The molecule has 1 aromatic carbocycles. The van der Waals surface area contributed by atoms with E-state index in [1.54, 1.807) is 34.1 Å². The minimum Gasteiger partial charge on any atom is -0.493 e. The second-order valence-corrected chi connectivity index (χ2v) is 4.51. The molecule has 15 heavy (non-hydrogen) atoms. The Labute approximate surface area is 98.1 Å². The number of aliphatic hydroxyl groups is 1. The predicted molar refractivity (Wildman–Crippen MR) is 62.5 cm³/mol. The molecule has 0 aliphatic carbocycles. The van der Waals surface area contributed by atoms with Gasteiger partial charge in [-0.05, 0) is 35.8 Å². The van der Waals surface area contributed by atoms with Gasteiger partial charge in [-0.1, -0.05) is 6.07 Å². The molecule has 0 heterocycles. The monoisotopic (exact) mass is 274 g/mol. The van der Waals surface area contributed by atoms with E-state index in [-0.39, 0.29) is 0 Å². The van der Waals surface area contributed by atoms with Crippen LogP contribution < -0.4 is 9.47 Å². The summed E-state index contributed by atoms with van der Waals surface area (Å²) in [6.45, 7) is 3.44. The van der Waals surface area contributed by atoms with Gasteiger partial charge in [-0.3, -0.25) is 0 Å². The topological polar surface area (TPSA) is 38.7 Å². The Bertz CT molecular complexity index is 356. The number of rotatable bonds is 3. The number of methoxy groups -OCH3 is 2. The number of halogens is 1. The molecular formula is C11H15BrO3. The van der Waals surface area contributed by atoms with Gasteiger partial charge in [0.05, 0.1) is 24.3 Å². The minimum absolute atomic E-state index is 0.595. The van der Waals surface area contributed by atoms with Crippen LogP contribution in [0.2, 0.25) is 0 Å². The zero-order valence-corrected chi connectivity index (χ0v) is 10.9. The van der Waals surface area contributed by atoms with Crippen LogP contribution in [0.3, 0.4) is 0 Å². The van der Waals surface area contributed by atoms with Crippen LogP contribution in [0.1, 0.15) is 19.4 Å². The third-order valence-corrected chi connectivity index (χ3v) is 2.93. The van der Waals surface area contributed by atoms with Crippen LogP contribution in [0.4, 0.5) is 0 Å². The molecule has 0 aliphatic heterocycles. The molecule has 0 spiro atoms. The van der Waals surface area contributed by atoms with Crippen molar-refractivity contribution >= 4 is 15.9 Å². The van der Waals surface area contributed by atoms with Crippen LogP contribution in [0, 0.1) is 0 Å². The van der Waals surface area contributed by atoms with Gasteiger partial charge in [0.25, 0.3) is 0 Å². The molecule has 84 valence electrons. The first-order valence-corrected chi connectivity index (χ1v) is 5.34. The second-order valence-electron chi connectivity index (χ2n) is 3.72. The summed E-state index contributed by atoms with van der Waals surface area (Å²) in [5, 5.41) is 9.93. The molecule has 0 atom stereocenters. The van der Waals surface area contributed by atoms with E-state index in [0.717, 1.165) is 10.0 Å². The Morgan fingerprint density at radius 1 is 1.20 bits per heavy atom. The SMILES string of the molecule is COc1ccc(C(C)(C)O)c(Br)c1OC. The quantitative estimate of drug-likeness (QED) is 0.921. The van der Waals surface area contributed by atoms with E-state index in [1.807, 2.05) is 6.07 Å². The molecule has 0 saturated heterocycles. The third kappa shape index (κ3) is 2.44. The minimum atomic E-state index is -0.918. The maximum atomic E-state index is 9.93. The average molecular weight is 275 g/mol. The second kappa shape index (κ2) is 4.41. The highest BCUT2D eigenvalue weighted by Crippen LogP contribution is 2.41. The highest BCUT2D eigenvalue weighted by atomic mass is 79.9. The Hall–Kier alpha value is -0.740. The lowest BCUT2D eigenvalue weighted by molar-refractivity contribution is 0.0774. The van der Waals surface area contributed by atoms with Crippen LogP contribution in [0.25, 0.3) is 0 Å². The summed E-state index contributed by atoms with van der Waals surface area (Å²) in [5.74, 6) is 1.23. The summed E-state index contributed by atoms with van der Waals surface area (Å²) in [6.07, 6.45) is 0. The normalized spacial score (nSPS) is 11.3. The van der Waals surface area contributed by atoms with Gasteiger partial charge in [-0.15, -0.1) is 0 Å². The summed E-state index contributed by atoms with van der Waals surface area (Å²) in [7, 11) is 3.14. The molecule has 0 amide bonds. The lowest BCUT2D eigenvalue weighted by Crippen LogP contribution is -2.16. The van der Waals surface area contributed by atoms with E-state index in [0.29, 0.717) is 11.5 Å². The molecule has 4 heteroatoms. The van der Waals surface area contributed by atoms with Crippen molar-refractivity contribution in [3.8, 4) is 11.5 Å². The number of benzene rings is 1. The van der Waals surface area contributed by atoms with E-state index in [2.05, 4.69) is 15.9 Å². The molecule has 1 N–H and O–H groups in total. The summed E-state index contributed by atoms with van der Waals surface area (Å²) in [4.78, 5) is 0. The molecule has 1 rings (SSSR count). The van der Waals surface area contributed by atoms with E-state index in [1.165, 1.54) is 0 Å². The van der Waals surface area contributed by atoms with Crippen molar-refractivity contribution in [1.82, 2.24) is 0 Å². The first-order valence-electron chi connectivity index (χ1n) is 4.55. The fraction of sp³-hybridized carbons (Fsp3) is 0.455. The van der Waals surface area contributed by atoms with Gasteiger partial charge in [0.15, 0.2) is 11.5 Å². The summed E-state index contributed by atoms with van der Waals surface area (Å²) in [6, 6.07) is 3.59. The standard InChI is InChI=1S/C11H15BrO3/c1-11(2,13)7-5-6-8(14-3)10(15-4)9(7)12/h5-6,13H,1-4H3. The van der Waals surface area contributed by atoms with Gasteiger partial charge in [0.1, 0.15) is 0 Å². The van der Waals surface area contributed by atoms with Crippen molar-refractivity contribution < 1.29 is 14.6 Å². The van der Waals surface area contributed by atoms with Gasteiger partial charge in [0.2, 0.25) is 0 Å². The van der Waals surface area contributed by atoms with Crippen LogP contribution >= 0.6 is 15.9 Å². The molecule has 1 aromatic rings. The number of hydrogen-bond donors (Lipinski definition) is 1. The molecule has 3 nitrogen and oxygen atoms in total. The van der Waals surface area contributed by atoms with Crippen LogP contribution in [0.15, 0.2) is 16.6 Å². The molecule has 0 fully saturated rings. The molecule has 0 bridgehead atoms. The van der Waals surface area contributed by atoms with Gasteiger partial charge < -0.3 is 14.6 Å². The van der Waals surface area contributed by atoms with Gasteiger partial charge in [-0.25, -0.2) is 0 Å². The average Bonchev–Trinajstić information content (AvgIpc) is 2.15. The number of ether oxygens (including phenoxy) is 2. The Morgan fingerprint density at radius 2 is 1.80 bits per heavy atom. The van der Waals surface area contributed by atoms with Crippen molar-refractivity contribution in [2.45, 2.75) is 19.4 Å². The molecule has 0 saturated carbocycles. The highest BCUT2D eigenvalue weighted by Gasteiger charge is 2.23. The Kier molecular flexibility index (Phi) is 3.62. The van der Waals surface area contributed by atoms with Crippen molar-refractivity contribution in [1.29, 1.82) is 0 Å². The maximum Gasteiger partial charge on any atom is 0.175 e. The van der Waals surface area contributed by atoms with Crippen molar-refractivity contribution in [3.63, 3.8) is 0 Å². The lowest BCUT2D eigenvalue weighted by atomic mass is 9.98. The zero-order chi connectivity index (χ0) is 11.6. The zero-order valence-electron chi connectivity index (χ0n) is 9.30. The maximum absolute atomic E-state index is 9.93. The summed E-state index contributed by atoms with van der Waals surface area (Å²) >= 11 is 3.40. The first-order chi connectivity index (χ1) is 6.91. The van der Waals surface area contributed by atoms with Crippen molar-refractivity contribution in [3.05, 3.63) is 22.2 Å². The van der Waals surface area contributed by atoms with Gasteiger partial charge in [0, 0.05) is 5.56 Å². The molecule has 0 aliphatic rings. The van der Waals surface area contributed by atoms with Crippen molar-refractivity contribution in [2.75, 3.05) is 14.2 Å². The predicted octanol–water partition coefficient (Wildman–Crippen LogP) is 2.69. The van der Waals surface area contributed by atoms with Crippen molar-refractivity contribution in [2.24, 2.45) is 0 Å². The van der Waals surface area contributed by atoms with E-state index >= 15 is 0 Å². The Balaban J connectivity index is 3.36. The largest absolute Gasteiger partial charge is 0.493 e. The summed E-state index contributed by atoms with van der Waals surface area (Å²) in [5.41, 5.74) is -0.154. The molecule has 0 radical (unpaired) electrons.